The number of nitrogens with zero attached hydrogens (tertiary/aromatic N) is 2. The van der Waals surface area contributed by atoms with Gasteiger partial charge in [0.25, 0.3) is 0 Å². The summed E-state index contributed by atoms with van der Waals surface area (Å²) in [5, 5.41) is 12.5. The standard InChI is InChI=1S/C18H29N3O2/c1-14(2)21(12-15(3)22)18(23)19-9-11-20-10-8-16-6-4-5-7-17(16)13-20/h4-7,14-15,22H,8-13H2,1-3H3,(H,19,23). The summed E-state index contributed by atoms with van der Waals surface area (Å²) in [7, 11) is 0. The first-order valence-corrected chi connectivity index (χ1v) is 8.49. The lowest BCUT2D eigenvalue weighted by atomic mass is 10.00. The molecule has 1 aliphatic heterocycles. The number of carbonyl (C=O) groups is 1. The van der Waals surface area contributed by atoms with E-state index in [-0.39, 0.29) is 12.1 Å². The number of amides is 2. The molecule has 0 fully saturated rings. The van der Waals surface area contributed by atoms with E-state index < -0.39 is 6.10 Å². The minimum atomic E-state index is -0.512. The van der Waals surface area contributed by atoms with Gasteiger partial charge in [0, 0.05) is 38.8 Å². The third kappa shape index (κ3) is 5.22. The van der Waals surface area contributed by atoms with Crippen LogP contribution in [0.2, 0.25) is 0 Å². The molecule has 1 heterocycles. The molecule has 0 aliphatic carbocycles. The molecular weight excluding hydrogens is 290 g/mol. The van der Waals surface area contributed by atoms with E-state index in [2.05, 4.69) is 34.5 Å². The summed E-state index contributed by atoms with van der Waals surface area (Å²) in [6, 6.07) is 8.54. The van der Waals surface area contributed by atoms with Gasteiger partial charge in [-0.25, -0.2) is 4.79 Å². The van der Waals surface area contributed by atoms with E-state index in [0.717, 1.165) is 26.1 Å². The number of fused-ring (bicyclic) bond motifs is 1. The summed E-state index contributed by atoms with van der Waals surface area (Å²) in [6.45, 7) is 9.45. The van der Waals surface area contributed by atoms with Gasteiger partial charge in [-0.3, -0.25) is 4.90 Å². The Morgan fingerprint density at radius 2 is 2.00 bits per heavy atom. The number of hydrogen-bond acceptors (Lipinski definition) is 3. The van der Waals surface area contributed by atoms with E-state index in [1.807, 2.05) is 13.8 Å². The highest BCUT2D eigenvalue weighted by molar-refractivity contribution is 5.74. The lowest BCUT2D eigenvalue weighted by Gasteiger charge is -2.30. The minimum Gasteiger partial charge on any atom is -0.392 e. The Morgan fingerprint density at radius 3 is 2.65 bits per heavy atom. The molecule has 1 aromatic carbocycles. The molecule has 23 heavy (non-hydrogen) atoms. The van der Waals surface area contributed by atoms with Crippen molar-refractivity contribution in [3.05, 3.63) is 35.4 Å². The van der Waals surface area contributed by atoms with Crippen LogP contribution in [0.15, 0.2) is 24.3 Å². The fourth-order valence-corrected chi connectivity index (χ4v) is 2.98. The minimum absolute atomic E-state index is 0.0754. The molecule has 0 radical (unpaired) electrons. The second kappa shape index (κ2) is 8.31. The summed E-state index contributed by atoms with van der Waals surface area (Å²) < 4.78 is 0. The Bertz CT molecular complexity index is 517. The molecule has 0 aromatic heterocycles. The van der Waals surface area contributed by atoms with Crippen molar-refractivity contribution in [3.8, 4) is 0 Å². The summed E-state index contributed by atoms with van der Waals surface area (Å²) in [4.78, 5) is 16.3. The smallest absolute Gasteiger partial charge is 0.317 e. The highest BCUT2D eigenvalue weighted by atomic mass is 16.3. The fraction of sp³-hybridized carbons (Fsp3) is 0.611. The molecule has 1 unspecified atom stereocenters. The normalized spacial score (nSPS) is 16.0. The lowest BCUT2D eigenvalue weighted by Crippen LogP contribution is -2.48. The van der Waals surface area contributed by atoms with Crippen molar-refractivity contribution in [3.63, 3.8) is 0 Å². The number of hydrogen-bond donors (Lipinski definition) is 2. The number of aliphatic hydroxyl groups excluding tert-OH is 1. The average molecular weight is 319 g/mol. The van der Waals surface area contributed by atoms with Crippen LogP contribution in [0, 0.1) is 0 Å². The van der Waals surface area contributed by atoms with Crippen molar-refractivity contribution >= 4 is 6.03 Å². The predicted molar refractivity (Wildman–Crippen MR) is 92.3 cm³/mol. The van der Waals surface area contributed by atoms with Gasteiger partial charge in [0.2, 0.25) is 0 Å². The van der Waals surface area contributed by atoms with E-state index in [0.29, 0.717) is 13.1 Å². The zero-order valence-corrected chi connectivity index (χ0v) is 14.5. The maximum atomic E-state index is 12.2. The lowest BCUT2D eigenvalue weighted by molar-refractivity contribution is 0.118. The third-order valence-corrected chi connectivity index (χ3v) is 4.26. The van der Waals surface area contributed by atoms with Gasteiger partial charge in [0.1, 0.15) is 0 Å². The van der Waals surface area contributed by atoms with E-state index in [4.69, 9.17) is 0 Å². The van der Waals surface area contributed by atoms with Gasteiger partial charge in [-0.2, -0.15) is 0 Å². The van der Waals surface area contributed by atoms with Gasteiger partial charge >= 0.3 is 6.03 Å². The molecule has 5 nitrogen and oxygen atoms in total. The fourth-order valence-electron chi connectivity index (χ4n) is 2.98. The highest BCUT2D eigenvalue weighted by Crippen LogP contribution is 2.17. The van der Waals surface area contributed by atoms with Gasteiger partial charge in [-0.05, 0) is 38.3 Å². The van der Waals surface area contributed by atoms with Crippen molar-refractivity contribution in [1.29, 1.82) is 0 Å². The highest BCUT2D eigenvalue weighted by Gasteiger charge is 2.19. The Labute approximate surface area is 139 Å². The third-order valence-electron chi connectivity index (χ3n) is 4.26. The molecule has 0 saturated carbocycles. The van der Waals surface area contributed by atoms with Crippen LogP contribution in [-0.2, 0) is 13.0 Å². The van der Waals surface area contributed by atoms with Crippen molar-refractivity contribution in [2.24, 2.45) is 0 Å². The molecule has 0 bridgehead atoms. The second-order valence-electron chi connectivity index (χ2n) is 6.62. The van der Waals surface area contributed by atoms with Gasteiger partial charge in [0.15, 0.2) is 0 Å². The van der Waals surface area contributed by atoms with Crippen LogP contribution in [0.1, 0.15) is 31.9 Å². The van der Waals surface area contributed by atoms with E-state index in [1.54, 1.807) is 11.8 Å². The second-order valence-corrected chi connectivity index (χ2v) is 6.62. The molecule has 2 amide bonds. The average Bonchev–Trinajstić information content (AvgIpc) is 2.52. The Balaban J connectivity index is 1.77. The number of benzene rings is 1. The monoisotopic (exact) mass is 319 g/mol. The molecule has 1 atom stereocenters. The predicted octanol–water partition coefficient (Wildman–Crippen LogP) is 1.85. The molecule has 2 rings (SSSR count). The molecule has 1 aliphatic rings. The van der Waals surface area contributed by atoms with Crippen LogP contribution < -0.4 is 5.32 Å². The molecule has 1 aromatic rings. The van der Waals surface area contributed by atoms with Crippen molar-refractivity contribution in [2.45, 2.75) is 45.9 Å². The number of urea groups is 1. The summed E-state index contributed by atoms with van der Waals surface area (Å²) in [5.41, 5.74) is 2.83. The Morgan fingerprint density at radius 1 is 1.30 bits per heavy atom. The Kier molecular flexibility index (Phi) is 6.42. The van der Waals surface area contributed by atoms with Gasteiger partial charge in [-0.1, -0.05) is 24.3 Å². The molecule has 0 saturated heterocycles. The number of nitrogens with one attached hydrogen (secondary N) is 1. The van der Waals surface area contributed by atoms with Crippen LogP contribution in [0.5, 0.6) is 0 Å². The molecule has 5 heteroatoms. The van der Waals surface area contributed by atoms with Crippen molar-refractivity contribution < 1.29 is 9.90 Å². The van der Waals surface area contributed by atoms with E-state index in [9.17, 15) is 9.90 Å². The van der Waals surface area contributed by atoms with E-state index in [1.165, 1.54) is 11.1 Å². The quantitative estimate of drug-likeness (QED) is 0.841. The number of rotatable bonds is 6. The van der Waals surface area contributed by atoms with E-state index >= 15 is 0 Å². The topological polar surface area (TPSA) is 55.8 Å². The molecule has 0 spiro atoms. The maximum absolute atomic E-state index is 12.2. The first kappa shape index (κ1) is 17.8. The van der Waals surface area contributed by atoms with Crippen LogP contribution in [0.3, 0.4) is 0 Å². The zero-order chi connectivity index (χ0) is 16.8. The van der Waals surface area contributed by atoms with Crippen LogP contribution in [0.4, 0.5) is 4.79 Å². The molecular formula is C18H29N3O2. The van der Waals surface area contributed by atoms with Crippen LogP contribution in [-0.4, -0.2) is 59.3 Å². The van der Waals surface area contributed by atoms with Gasteiger partial charge < -0.3 is 15.3 Å². The largest absolute Gasteiger partial charge is 0.392 e. The van der Waals surface area contributed by atoms with Crippen LogP contribution in [0.25, 0.3) is 0 Å². The number of carbonyl (C=O) groups excluding carboxylic acids is 1. The summed E-state index contributed by atoms with van der Waals surface area (Å²) in [5.74, 6) is 0. The van der Waals surface area contributed by atoms with Crippen LogP contribution >= 0.6 is 0 Å². The molecule has 128 valence electrons. The van der Waals surface area contributed by atoms with Gasteiger partial charge in [0.05, 0.1) is 6.10 Å². The Hall–Kier alpha value is -1.59. The zero-order valence-electron chi connectivity index (χ0n) is 14.5. The SMILES string of the molecule is CC(O)CN(C(=O)NCCN1CCc2ccccc2C1)C(C)C. The van der Waals surface area contributed by atoms with Crippen molar-refractivity contribution in [1.82, 2.24) is 15.1 Å². The van der Waals surface area contributed by atoms with Crippen molar-refractivity contribution in [2.75, 3.05) is 26.2 Å². The maximum Gasteiger partial charge on any atom is 0.317 e. The van der Waals surface area contributed by atoms with Gasteiger partial charge in [-0.15, -0.1) is 0 Å². The molecule has 2 N–H and O–H groups in total. The number of aliphatic hydroxyl groups is 1. The first-order chi connectivity index (χ1) is 11.0. The first-order valence-electron chi connectivity index (χ1n) is 8.49. The summed E-state index contributed by atoms with van der Waals surface area (Å²) in [6.07, 6.45) is 0.561. The summed E-state index contributed by atoms with van der Waals surface area (Å²) >= 11 is 0.